The van der Waals surface area contributed by atoms with Crippen LogP contribution in [0, 0.1) is 0 Å². The third-order valence-corrected chi connectivity index (χ3v) is 4.73. The molecule has 2 heterocycles. The van der Waals surface area contributed by atoms with Gasteiger partial charge >= 0.3 is 0 Å². The molecule has 0 spiro atoms. The number of Topliss-reactive ketones (excluding diaryl/α,β-unsaturated/α-hetero) is 1. The van der Waals surface area contributed by atoms with Gasteiger partial charge in [-0.3, -0.25) is 9.59 Å². The molecular formula is C18H18BrNO4. The van der Waals surface area contributed by atoms with Gasteiger partial charge in [0.2, 0.25) is 5.78 Å². The van der Waals surface area contributed by atoms with Gasteiger partial charge in [-0.05, 0) is 36.8 Å². The molecule has 1 aromatic heterocycles. The van der Waals surface area contributed by atoms with Crippen LogP contribution in [0.2, 0.25) is 0 Å². The first-order valence-corrected chi connectivity index (χ1v) is 8.67. The highest BCUT2D eigenvalue weighted by atomic mass is 79.9. The molecule has 0 unspecified atom stereocenters. The molecule has 5 nitrogen and oxygen atoms in total. The van der Waals surface area contributed by atoms with E-state index in [-0.39, 0.29) is 12.2 Å². The van der Waals surface area contributed by atoms with Gasteiger partial charge in [-0.2, -0.15) is 0 Å². The number of carbonyl (C=O) groups is 2. The highest BCUT2D eigenvalue weighted by Gasteiger charge is 2.51. The van der Waals surface area contributed by atoms with Gasteiger partial charge in [-0.15, -0.1) is 0 Å². The van der Waals surface area contributed by atoms with Crippen molar-refractivity contribution >= 4 is 33.3 Å². The molecule has 126 valence electrons. The van der Waals surface area contributed by atoms with E-state index in [0.29, 0.717) is 17.8 Å². The number of fused-ring (bicyclic) bond motifs is 1. The van der Waals surface area contributed by atoms with Gasteiger partial charge in [0.05, 0.1) is 18.4 Å². The average molecular weight is 392 g/mol. The number of nitrogens with zero attached hydrogens (tertiary/aromatic N) is 1. The maximum atomic E-state index is 12.9. The Balaban J connectivity index is 1.99. The third-order valence-electron chi connectivity index (χ3n) is 4.24. The van der Waals surface area contributed by atoms with Crippen LogP contribution in [0.1, 0.15) is 42.3 Å². The van der Waals surface area contributed by atoms with E-state index in [1.165, 1.54) is 12.3 Å². The maximum absolute atomic E-state index is 12.9. The van der Waals surface area contributed by atoms with Gasteiger partial charge in [0.1, 0.15) is 0 Å². The Morgan fingerprint density at radius 1 is 1.38 bits per heavy atom. The molecule has 0 saturated heterocycles. The third kappa shape index (κ3) is 2.80. The fraction of sp³-hybridized carbons (Fsp3) is 0.333. The smallest absolute Gasteiger partial charge is 0.264 e. The minimum Gasteiger partial charge on any atom is -0.461 e. The summed E-state index contributed by atoms with van der Waals surface area (Å²) in [6, 6.07) is 8.45. The molecule has 2 aromatic rings. The maximum Gasteiger partial charge on any atom is 0.264 e. The van der Waals surface area contributed by atoms with Crippen molar-refractivity contribution in [1.29, 1.82) is 0 Å². The molecule has 0 fully saturated rings. The molecule has 6 heteroatoms. The Bertz CT molecular complexity index is 771. The second-order valence-corrected chi connectivity index (χ2v) is 6.83. The van der Waals surface area contributed by atoms with Gasteiger partial charge in [0, 0.05) is 16.6 Å². The minimum atomic E-state index is -1.86. The summed E-state index contributed by atoms with van der Waals surface area (Å²) < 4.78 is 5.84. The quantitative estimate of drug-likeness (QED) is 0.762. The van der Waals surface area contributed by atoms with Crippen molar-refractivity contribution < 1.29 is 19.1 Å². The van der Waals surface area contributed by atoms with Crippen LogP contribution in [0.3, 0.4) is 0 Å². The van der Waals surface area contributed by atoms with Crippen molar-refractivity contribution in [2.75, 3.05) is 11.4 Å². The number of carbonyl (C=O) groups excluding carboxylic acids is 2. The van der Waals surface area contributed by atoms with Gasteiger partial charge in [-0.1, -0.05) is 29.3 Å². The van der Waals surface area contributed by atoms with E-state index in [4.69, 9.17) is 4.42 Å². The number of aliphatic hydroxyl groups is 1. The van der Waals surface area contributed by atoms with Gasteiger partial charge in [-0.25, -0.2) is 0 Å². The molecule has 3 rings (SSSR count). The zero-order valence-electron chi connectivity index (χ0n) is 13.3. The fourth-order valence-electron chi connectivity index (χ4n) is 2.99. The van der Waals surface area contributed by atoms with E-state index < -0.39 is 17.3 Å². The molecule has 1 aliphatic rings. The van der Waals surface area contributed by atoms with E-state index in [1.54, 1.807) is 23.1 Å². The van der Waals surface area contributed by atoms with E-state index >= 15 is 0 Å². The number of ketones is 1. The van der Waals surface area contributed by atoms with Crippen molar-refractivity contribution in [3.8, 4) is 0 Å². The molecule has 1 aliphatic heterocycles. The molecule has 1 atom stereocenters. The summed E-state index contributed by atoms with van der Waals surface area (Å²) in [4.78, 5) is 26.8. The monoisotopic (exact) mass is 391 g/mol. The molecule has 1 N–H and O–H groups in total. The molecule has 0 radical (unpaired) electrons. The van der Waals surface area contributed by atoms with E-state index in [1.807, 2.05) is 13.0 Å². The predicted molar refractivity (Wildman–Crippen MR) is 93.0 cm³/mol. The lowest BCUT2D eigenvalue weighted by Gasteiger charge is -2.22. The number of hydrogen-bond donors (Lipinski definition) is 1. The van der Waals surface area contributed by atoms with Gasteiger partial charge in [0.25, 0.3) is 5.91 Å². The number of halogens is 1. The van der Waals surface area contributed by atoms with Crippen LogP contribution in [-0.2, 0) is 10.4 Å². The van der Waals surface area contributed by atoms with E-state index in [2.05, 4.69) is 15.9 Å². The molecule has 0 aliphatic carbocycles. The van der Waals surface area contributed by atoms with Crippen molar-refractivity contribution in [3.63, 3.8) is 0 Å². The summed E-state index contributed by atoms with van der Waals surface area (Å²) in [6.45, 7) is 2.55. The van der Waals surface area contributed by atoms with Crippen LogP contribution >= 0.6 is 15.9 Å². The lowest BCUT2D eigenvalue weighted by atomic mass is 9.89. The first-order valence-electron chi connectivity index (χ1n) is 7.88. The van der Waals surface area contributed by atoms with Gasteiger partial charge < -0.3 is 14.4 Å². The molecular weight excluding hydrogens is 374 g/mol. The first-order chi connectivity index (χ1) is 11.5. The molecule has 1 aromatic carbocycles. The molecule has 24 heavy (non-hydrogen) atoms. The normalized spacial score (nSPS) is 19.6. The molecule has 1 amide bonds. The Kier molecular flexibility index (Phi) is 4.60. The van der Waals surface area contributed by atoms with E-state index in [0.717, 1.165) is 17.3 Å². The first kappa shape index (κ1) is 16.9. The Morgan fingerprint density at radius 2 is 2.17 bits per heavy atom. The second kappa shape index (κ2) is 6.53. The fourth-order valence-corrected chi connectivity index (χ4v) is 3.35. The summed E-state index contributed by atoms with van der Waals surface area (Å²) in [5.41, 5.74) is -0.749. The lowest BCUT2D eigenvalue weighted by molar-refractivity contribution is -0.135. The largest absolute Gasteiger partial charge is 0.461 e. The average Bonchev–Trinajstić information content (AvgIpc) is 3.15. The zero-order valence-corrected chi connectivity index (χ0v) is 14.9. The lowest BCUT2D eigenvalue weighted by Crippen LogP contribution is -2.42. The number of anilines is 1. The number of rotatable bonds is 6. The standard InChI is InChI=1S/C18H18BrNO4/c1-2-3-8-20-14-7-6-12(19)10-13(14)18(23,17(20)22)11-15(21)16-5-4-9-24-16/h4-7,9-10,23H,2-3,8,11H2,1H3/t18-/m1/s1. The minimum absolute atomic E-state index is 0.139. The van der Waals surface area contributed by atoms with Crippen LogP contribution in [0.25, 0.3) is 0 Å². The highest BCUT2D eigenvalue weighted by Crippen LogP contribution is 2.44. The summed E-state index contributed by atoms with van der Waals surface area (Å²) in [7, 11) is 0. The van der Waals surface area contributed by atoms with Crippen LogP contribution in [0.15, 0.2) is 45.5 Å². The summed E-state index contributed by atoms with van der Waals surface area (Å²) in [5, 5.41) is 11.1. The topological polar surface area (TPSA) is 70.8 Å². The summed E-state index contributed by atoms with van der Waals surface area (Å²) in [5.74, 6) is -0.720. The number of hydrogen-bond acceptors (Lipinski definition) is 4. The summed E-state index contributed by atoms with van der Waals surface area (Å²) in [6.07, 6.45) is 2.81. The van der Waals surface area contributed by atoms with Gasteiger partial charge in [0.15, 0.2) is 11.4 Å². The molecule has 0 bridgehead atoms. The van der Waals surface area contributed by atoms with Crippen LogP contribution in [0.4, 0.5) is 5.69 Å². The van der Waals surface area contributed by atoms with Crippen LogP contribution in [0.5, 0.6) is 0 Å². The SMILES string of the molecule is CCCCN1C(=O)[C@@](O)(CC(=O)c2ccco2)c2cc(Br)ccc21. The van der Waals surface area contributed by atoms with Crippen molar-refractivity contribution in [1.82, 2.24) is 0 Å². The number of furan rings is 1. The zero-order chi connectivity index (χ0) is 17.3. The Morgan fingerprint density at radius 3 is 2.83 bits per heavy atom. The number of benzene rings is 1. The van der Waals surface area contributed by atoms with Crippen LogP contribution in [-0.4, -0.2) is 23.3 Å². The predicted octanol–water partition coefficient (Wildman–Crippen LogP) is 3.65. The molecule has 0 saturated carbocycles. The van der Waals surface area contributed by atoms with E-state index in [9.17, 15) is 14.7 Å². The Hall–Kier alpha value is -1.92. The Labute approximate surface area is 148 Å². The summed E-state index contributed by atoms with van der Waals surface area (Å²) >= 11 is 3.37. The van der Waals surface area contributed by atoms with Crippen molar-refractivity contribution in [2.45, 2.75) is 31.8 Å². The highest BCUT2D eigenvalue weighted by molar-refractivity contribution is 9.10. The van der Waals surface area contributed by atoms with Crippen LogP contribution < -0.4 is 4.90 Å². The van der Waals surface area contributed by atoms with Crippen molar-refractivity contribution in [3.05, 3.63) is 52.4 Å². The number of amides is 1. The number of unbranched alkanes of at least 4 members (excludes halogenated alkanes) is 1. The second-order valence-electron chi connectivity index (χ2n) is 5.91. The van der Waals surface area contributed by atoms with Crippen molar-refractivity contribution in [2.24, 2.45) is 0 Å².